The van der Waals surface area contributed by atoms with E-state index in [0.717, 1.165) is 43.4 Å². The molecule has 0 radical (unpaired) electrons. The van der Waals surface area contributed by atoms with Crippen molar-refractivity contribution in [2.24, 2.45) is 0 Å². The lowest BCUT2D eigenvalue weighted by Crippen LogP contribution is -2.24. The van der Waals surface area contributed by atoms with Crippen molar-refractivity contribution in [3.63, 3.8) is 0 Å². The van der Waals surface area contributed by atoms with Gasteiger partial charge in [-0.1, -0.05) is 31.3 Å². The number of hydrogen-bond acceptors (Lipinski definition) is 5. The third-order valence-corrected chi connectivity index (χ3v) is 5.12. The number of non-ortho nitro benzene ring substituents is 1. The molecule has 1 aliphatic carbocycles. The van der Waals surface area contributed by atoms with E-state index in [1.807, 2.05) is 6.92 Å². The van der Waals surface area contributed by atoms with Gasteiger partial charge >= 0.3 is 0 Å². The molecule has 1 N–H and O–H groups in total. The van der Waals surface area contributed by atoms with Gasteiger partial charge in [0.25, 0.3) is 5.69 Å². The summed E-state index contributed by atoms with van der Waals surface area (Å²) in [7, 11) is 0. The Morgan fingerprint density at radius 2 is 2.16 bits per heavy atom. The zero-order chi connectivity index (χ0) is 18.0. The van der Waals surface area contributed by atoms with Crippen LogP contribution in [0.5, 0.6) is 0 Å². The van der Waals surface area contributed by atoms with Crippen LogP contribution >= 0.6 is 12.2 Å². The molecule has 1 unspecified atom stereocenters. The number of nitrogens with zero attached hydrogens (tertiary/aromatic N) is 3. The molecule has 0 saturated carbocycles. The number of nitro groups is 1. The van der Waals surface area contributed by atoms with E-state index in [4.69, 9.17) is 12.2 Å². The fraction of sp³-hybridized carbons (Fsp3) is 0.444. The maximum Gasteiger partial charge on any atom is 0.270 e. The number of aliphatic hydroxyl groups is 1. The van der Waals surface area contributed by atoms with Crippen molar-refractivity contribution in [3.8, 4) is 11.4 Å². The molecule has 0 spiro atoms. The van der Waals surface area contributed by atoms with Crippen molar-refractivity contribution in [2.75, 3.05) is 6.61 Å². The van der Waals surface area contributed by atoms with Crippen LogP contribution in [0.15, 0.2) is 24.3 Å². The van der Waals surface area contributed by atoms with Gasteiger partial charge in [-0.25, -0.2) is 4.98 Å². The van der Waals surface area contributed by atoms with E-state index in [1.54, 1.807) is 12.1 Å². The van der Waals surface area contributed by atoms with E-state index in [-0.39, 0.29) is 18.3 Å². The largest absolute Gasteiger partial charge is 0.394 e. The molecule has 0 fully saturated rings. The molecular formula is C18H21N3O3S. The molecule has 1 atom stereocenters. The van der Waals surface area contributed by atoms with Gasteiger partial charge in [0, 0.05) is 29.0 Å². The minimum Gasteiger partial charge on any atom is -0.394 e. The number of hydrogen-bond donors (Lipinski definition) is 1. The summed E-state index contributed by atoms with van der Waals surface area (Å²) in [6.07, 6.45) is 4.69. The van der Waals surface area contributed by atoms with Crippen LogP contribution < -0.4 is 0 Å². The molecule has 2 aromatic rings. The fourth-order valence-corrected chi connectivity index (χ4v) is 3.79. The molecule has 1 aromatic carbocycles. The average Bonchev–Trinajstić information content (AvgIpc) is 2.64. The number of benzene rings is 1. The maximum atomic E-state index is 11.1. The molecular weight excluding hydrogens is 338 g/mol. The van der Waals surface area contributed by atoms with Crippen molar-refractivity contribution in [1.29, 1.82) is 0 Å². The second-order valence-electron chi connectivity index (χ2n) is 6.30. The van der Waals surface area contributed by atoms with Gasteiger partial charge in [0.1, 0.15) is 10.5 Å². The SMILES string of the molecule is CCC(CO)n1c(-c2cccc([N+](=O)[O-])c2)nc(=S)c2c1CCCC2. The average molecular weight is 359 g/mol. The van der Waals surface area contributed by atoms with E-state index >= 15 is 0 Å². The van der Waals surface area contributed by atoms with Crippen LogP contribution in [0.3, 0.4) is 0 Å². The van der Waals surface area contributed by atoms with Gasteiger partial charge in [-0.15, -0.1) is 0 Å². The summed E-state index contributed by atoms with van der Waals surface area (Å²) in [6, 6.07) is 6.32. The Bertz CT molecular complexity index is 859. The van der Waals surface area contributed by atoms with Crippen LogP contribution in [-0.2, 0) is 12.8 Å². The van der Waals surface area contributed by atoms with Gasteiger partial charge in [0.15, 0.2) is 0 Å². The third kappa shape index (κ3) is 3.34. The summed E-state index contributed by atoms with van der Waals surface area (Å²) in [5.74, 6) is 0.607. The van der Waals surface area contributed by atoms with Crippen LogP contribution in [0.4, 0.5) is 5.69 Å². The second kappa shape index (κ2) is 7.41. The second-order valence-corrected chi connectivity index (χ2v) is 6.68. The minimum atomic E-state index is -0.412. The van der Waals surface area contributed by atoms with Crippen molar-refractivity contribution < 1.29 is 10.0 Å². The van der Waals surface area contributed by atoms with Crippen LogP contribution in [0, 0.1) is 14.8 Å². The molecule has 1 aliphatic rings. The maximum absolute atomic E-state index is 11.1. The lowest BCUT2D eigenvalue weighted by atomic mass is 9.95. The van der Waals surface area contributed by atoms with Crippen molar-refractivity contribution >= 4 is 17.9 Å². The normalized spacial score (nSPS) is 14.8. The highest BCUT2D eigenvalue weighted by Crippen LogP contribution is 2.32. The van der Waals surface area contributed by atoms with Gasteiger partial charge in [0.2, 0.25) is 0 Å². The molecule has 132 valence electrons. The van der Waals surface area contributed by atoms with Crippen molar-refractivity contribution in [3.05, 3.63) is 50.3 Å². The Labute approximate surface area is 151 Å². The first-order chi connectivity index (χ1) is 12.1. The monoisotopic (exact) mass is 359 g/mol. The lowest BCUT2D eigenvalue weighted by Gasteiger charge is -2.29. The van der Waals surface area contributed by atoms with E-state index in [9.17, 15) is 15.2 Å². The Morgan fingerprint density at radius 1 is 1.40 bits per heavy atom. The molecule has 1 heterocycles. The molecule has 25 heavy (non-hydrogen) atoms. The van der Waals surface area contributed by atoms with Gasteiger partial charge in [0.05, 0.1) is 17.6 Å². The highest BCUT2D eigenvalue weighted by Gasteiger charge is 2.23. The standard InChI is InChI=1S/C18H21N3O3S/c1-2-13(11-22)20-16-9-4-3-8-15(16)18(25)19-17(20)12-6-5-7-14(10-12)21(23)24/h5-7,10,13,22H,2-4,8-9,11H2,1H3. The Morgan fingerprint density at radius 3 is 2.84 bits per heavy atom. The van der Waals surface area contributed by atoms with E-state index in [2.05, 4.69) is 9.55 Å². The predicted octanol–water partition coefficient (Wildman–Crippen LogP) is 4.01. The molecule has 3 rings (SSSR count). The Kier molecular flexibility index (Phi) is 5.24. The third-order valence-electron chi connectivity index (χ3n) is 4.79. The highest BCUT2D eigenvalue weighted by atomic mass is 32.1. The summed E-state index contributed by atoms with van der Waals surface area (Å²) in [6.45, 7) is 2.01. The number of rotatable bonds is 5. The van der Waals surface area contributed by atoms with Gasteiger partial charge in [-0.2, -0.15) is 0 Å². The van der Waals surface area contributed by atoms with Gasteiger partial charge < -0.3 is 9.67 Å². The summed E-state index contributed by atoms with van der Waals surface area (Å²) in [5, 5.41) is 21.0. The first-order valence-electron chi connectivity index (χ1n) is 8.56. The smallest absolute Gasteiger partial charge is 0.270 e. The summed E-state index contributed by atoms with van der Waals surface area (Å²) in [5.41, 5.74) is 2.88. The van der Waals surface area contributed by atoms with E-state index < -0.39 is 4.92 Å². The molecule has 0 saturated heterocycles. The zero-order valence-electron chi connectivity index (χ0n) is 14.1. The number of nitro benzene ring substituents is 1. The Hall–Kier alpha value is -2.12. The fourth-order valence-electron chi connectivity index (χ4n) is 3.48. The van der Waals surface area contributed by atoms with E-state index in [1.165, 1.54) is 12.1 Å². The van der Waals surface area contributed by atoms with Crippen molar-refractivity contribution in [2.45, 2.75) is 45.1 Å². The zero-order valence-corrected chi connectivity index (χ0v) is 15.0. The topological polar surface area (TPSA) is 81.2 Å². The molecule has 7 heteroatoms. The van der Waals surface area contributed by atoms with Crippen LogP contribution in [0.25, 0.3) is 11.4 Å². The van der Waals surface area contributed by atoms with Crippen LogP contribution in [0.2, 0.25) is 0 Å². The van der Waals surface area contributed by atoms with Crippen molar-refractivity contribution in [1.82, 2.24) is 9.55 Å². The van der Waals surface area contributed by atoms with Crippen LogP contribution in [0.1, 0.15) is 43.5 Å². The minimum absolute atomic E-state index is 0.00596. The highest BCUT2D eigenvalue weighted by molar-refractivity contribution is 7.71. The van der Waals surface area contributed by atoms with E-state index in [0.29, 0.717) is 16.0 Å². The molecule has 0 aliphatic heterocycles. The number of aliphatic hydroxyl groups excluding tert-OH is 1. The molecule has 1 aromatic heterocycles. The summed E-state index contributed by atoms with van der Waals surface area (Å²) < 4.78 is 2.63. The molecule has 0 amide bonds. The summed E-state index contributed by atoms with van der Waals surface area (Å²) in [4.78, 5) is 15.3. The summed E-state index contributed by atoms with van der Waals surface area (Å²) >= 11 is 5.51. The first kappa shape index (κ1) is 17.7. The molecule has 6 nitrogen and oxygen atoms in total. The first-order valence-corrected chi connectivity index (χ1v) is 8.97. The number of fused-ring (bicyclic) bond motifs is 1. The van der Waals surface area contributed by atoms with Gasteiger partial charge in [-0.05, 0) is 32.1 Å². The molecule has 0 bridgehead atoms. The van der Waals surface area contributed by atoms with Gasteiger partial charge in [-0.3, -0.25) is 10.1 Å². The van der Waals surface area contributed by atoms with Crippen LogP contribution in [-0.4, -0.2) is 26.2 Å². The lowest BCUT2D eigenvalue weighted by molar-refractivity contribution is -0.384. The predicted molar refractivity (Wildman–Crippen MR) is 98.2 cm³/mol. The number of aromatic nitrogens is 2. The quantitative estimate of drug-likeness (QED) is 0.495. The Balaban J connectivity index is 2.28.